The van der Waals surface area contributed by atoms with Gasteiger partial charge >= 0.3 is 5.97 Å². The van der Waals surface area contributed by atoms with Gasteiger partial charge in [-0.2, -0.15) is 0 Å². The van der Waals surface area contributed by atoms with Gasteiger partial charge in [-0.15, -0.1) is 12.6 Å². The standard InChI is InChI=1S/C47H77BN4O13S/c1-30(2)51-47(9,66)62-23-18-44(3,4)52-42(56)35(50-38(54)29-63-46(7,8)20-24-61-45(5,6)19-22-59-10)13-11-12-21-49-41(55)34-25-31(28-60-40(48)32-15-16-32)14-17-36(34)64-39-27-33(53)26-37(65-39)43(57)58/h14,17,25,33,35,37,39,53,66H,11-13,15-16,18-24,26-29,48H2,1-10H3,(H,49,55)(H,50,54)(H,52,56)(H,57,58). The van der Waals surface area contributed by atoms with E-state index in [2.05, 4.69) is 33.6 Å². The molecule has 66 heavy (non-hydrogen) atoms. The Bertz CT molecular complexity index is 1830. The fourth-order valence-corrected chi connectivity index (χ4v) is 7.21. The highest BCUT2D eigenvalue weighted by atomic mass is 32.1. The third kappa shape index (κ3) is 21.9. The van der Waals surface area contributed by atoms with Gasteiger partial charge in [-0.05, 0) is 137 Å². The monoisotopic (exact) mass is 949 g/mol. The number of nitrogens with zero attached hydrogens (tertiary/aromatic N) is 1. The van der Waals surface area contributed by atoms with Crippen LogP contribution in [-0.4, -0.2) is 134 Å². The third-order valence-corrected chi connectivity index (χ3v) is 11.3. The van der Waals surface area contributed by atoms with Crippen LogP contribution in [0.15, 0.2) is 34.4 Å². The lowest BCUT2D eigenvalue weighted by atomic mass is 9.99. The van der Waals surface area contributed by atoms with Crippen LogP contribution in [-0.2, 0) is 49.4 Å². The minimum absolute atomic E-state index is 0.0224. The normalized spacial score (nSPS) is 18.9. The number of aliphatic imine (C=N–C) groups is 1. The van der Waals surface area contributed by atoms with Crippen molar-refractivity contribution in [3.8, 4) is 5.75 Å². The number of rotatable bonds is 30. The van der Waals surface area contributed by atoms with Crippen molar-refractivity contribution in [1.29, 1.82) is 0 Å². The van der Waals surface area contributed by atoms with E-state index in [-0.39, 0.29) is 68.4 Å². The summed E-state index contributed by atoms with van der Waals surface area (Å²) in [6.07, 6.45) is 1.50. The van der Waals surface area contributed by atoms with E-state index in [0.29, 0.717) is 44.5 Å². The Balaban J connectivity index is 1.67. The first kappa shape index (κ1) is 56.6. The lowest BCUT2D eigenvalue weighted by Crippen LogP contribution is -2.54. The molecular weight excluding hydrogens is 871 g/mol. The minimum atomic E-state index is -1.26. The second-order valence-corrected chi connectivity index (χ2v) is 20.2. The molecule has 0 aromatic heterocycles. The number of allylic oxidation sites excluding steroid dienone is 1. The largest absolute Gasteiger partial charge is 0.504 e. The first-order chi connectivity index (χ1) is 30.8. The molecule has 5 N–H and O–H groups in total. The molecule has 0 spiro atoms. The van der Waals surface area contributed by atoms with Gasteiger partial charge in [0.15, 0.2) is 14.0 Å². The van der Waals surface area contributed by atoms with E-state index in [1.165, 1.54) is 5.57 Å². The highest BCUT2D eigenvalue weighted by Gasteiger charge is 2.35. The minimum Gasteiger partial charge on any atom is -0.504 e. The van der Waals surface area contributed by atoms with Crippen molar-refractivity contribution in [2.45, 2.75) is 179 Å². The molecule has 19 heteroatoms. The molecule has 1 saturated heterocycles. The summed E-state index contributed by atoms with van der Waals surface area (Å²) >= 11 is 4.50. The number of aliphatic hydroxyl groups excluding tert-OH is 1. The molecule has 1 saturated carbocycles. The quantitative estimate of drug-likeness (QED) is 0.0150. The number of carbonyl (C=O) groups is 4. The Hall–Kier alpha value is -3.72. The number of aliphatic carboxylic acids is 1. The molecule has 2 fully saturated rings. The van der Waals surface area contributed by atoms with Crippen LogP contribution in [0.3, 0.4) is 0 Å². The van der Waals surface area contributed by atoms with E-state index in [1.54, 1.807) is 32.2 Å². The molecule has 1 aromatic carbocycles. The maximum absolute atomic E-state index is 13.9. The topological polar surface area (TPSA) is 222 Å². The van der Waals surface area contributed by atoms with E-state index in [4.69, 9.17) is 33.2 Å². The van der Waals surface area contributed by atoms with Crippen molar-refractivity contribution >= 4 is 49.9 Å². The van der Waals surface area contributed by atoms with Gasteiger partial charge in [0.2, 0.25) is 23.2 Å². The Morgan fingerprint density at radius 1 is 0.939 bits per heavy atom. The Morgan fingerprint density at radius 2 is 1.61 bits per heavy atom. The molecule has 1 aliphatic carbocycles. The van der Waals surface area contributed by atoms with E-state index in [0.717, 1.165) is 30.6 Å². The van der Waals surface area contributed by atoms with Gasteiger partial charge in [0.05, 0.1) is 36.1 Å². The highest BCUT2D eigenvalue weighted by Crippen LogP contribution is 2.32. The van der Waals surface area contributed by atoms with Crippen molar-refractivity contribution in [1.82, 2.24) is 16.0 Å². The van der Waals surface area contributed by atoms with Crippen LogP contribution in [0, 0.1) is 0 Å². The van der Waals surface area contributed by atoms with Gasteiger partial charge in [0.25, 0.3) is 5.91 Å². The predicted molar refractivity (Wildman–Crippen MR) is 256 cm³/mol. The molecule has 1 heterocycles. The first-order valence-electron chi connectivity index (χ1n) is 23.0. The van der Waals surface area contributed by atoms with Gasteiger partial charge in [0.1, 0.15) is 25.0 Å². The number of hydrogen-bond acceptors (Lipinski definition) is 14. The number of hydrogen-bond donors (Lipinski definition) is 6. The van der Waals surface area contributed by atoms with Crippen molar-refractivity contribution in [2.24, 2.45) is 4.99 Å². The van der Waals surface area contributed by atoms with Gasteiger partial charge in [-0.25, -0.2) is 4.79 Å². The number of carboxylic acids is 1. The molecule has 5 unspecified atom stereocenters. The van der Waals surface area contributed by atoms with E-state index in [9.17, 15) is 29.4 Å². The predicted octanol–water partition coefficient (Wildman–Crippen LogP) is 4.96. The molecule has 0 radical (unpaired) electrons. The molecule has 2 aliphatic rings. The maximum Gasteiger partial charge on any atom is 0.333 e. The van der Waals surface area contributed by atoms with Crippen molar-refractivity contribution in [3.05, 3.63) is 40.6 Å². The lowest BCUT2D eigenvalue weighted by Gasteiger charge is -2.31. The average Bonchev–Trinajstić information content (AvgIpc) is 4.06. The summed E-state index contributed by atoms with van der Waals surface area (Å²) in [6, 6.07) is 4.10. The SMILES string of the molecule is BC(OCc1ccc(OC2CC(O)CC(C(=O)O)O2)c(C(=O)NCCCCC(NC(=O)COC(C)(C)CCOC(C)(C)CCOC)C(=O)NC(C)(C)CCOC(C)(S)N=C(C)C)c1)=C1CC1. The smallest absolute Gasteiger partial charge is 0.333 e. The van der Waals surface area contributed by atoms with Crippen LogP contribution in [0.4, 0.5) is 0 Å². The number of carboxylic acid groups (broad SMARTS) is 1. The Labute approximate surface area is 398 Å². The molecule has 372 valence electrons. The number of ether oxygens (including phenoxy) is 7. The summed E-state index contributed by atoms with van der Waals surface area (Å²) in [7, 11) is 3.56. The summed E-state index contributed by atoms with van der Waals surface area (Å²) in [6.45, 7) is 18.4. The fraction of sp³-hybridized carbons (Fsp3) is 0.723. The summed E-state index contributed by atoms with van der Waals surface area (Å²) in [5, 5.41) is 27.7. The summed E-state index contributed by atoms with van der Waals surface area (Å²) in [5.41, 5.74) is 2.03. The molecular formula is C47H77BN4O13S. The second kappa shape index (κ2) is 26.2. The molecule has 3 rings (SSSR count). The first-order valence-corrected chi connectivity index (χ1v) is 23.5. The number of aliphatic hydroxyl groups is 1. The number of thiol groups is 1. The Kier molecular flexibility index (Phi) is 22.4. The number of carbonyl (C=O) groups excluding carboxylic acids is 3. The van der Waals surface area contributed by atoms with Gasteiger partial charge in [0, 0.05) is 50.0 Å². The zero-order valence-corrected chi connectivity index (χ0v) is 42.0. The van der Waals surface area contributed by atoms with Crippen LogP contribution in [0.5, 0.6) is 5.75 Å². The van der Waals surface area contributed by atoms with Crippen LogP contribution in [0.1, 0.15) is 142 Å². The van der Waals surface area contributed by atoms with Crippen molar-refractivity contribution < 1.29 is 62.5 Å². The molecule has 1 aliphatic heterocycles. The van der Waals surface area contributed by atoms with E-state index < -0.39 is 58.5 Å². The van der Waals surface area contributed by atoms with Crippen LogP contribution in [0.25, 0.3) is 0 Å². The van der Waals surface area contributed by atoms with Crippen molar-refractivity contribution in [2.75, 3.05) is 40.1 Å². The summed E-state index contributed by atoms with van der Waals surface area (Å²) in [5.74, 6) is -2.36. The van der Waals surface area contributed by atoms with Gasteiger partial charge in [-0.3, -0.25) is 19.4 Å². The van der Waals surface area contributed by atoms with Crippen molar-refractivity contribution in [3.63, 3.8) is 0 Å². The zero-order valence-electron chi connectivity index (χ0n) is 41.1. The maximum atomic E-state index is 13.9. The highest BCUT2D eigenvalue weighted by molar-refractivity contribution is 7.81. The van der Waals surface area contributed by atoms with E-state index >= 15 is 0 Å². The van der Waals surface area contributed by atoms with Gasteiger partial charge < -0.3 is 59.3 Å². The summed E-state index contributed by atoms with van der Waals surface area (Å²) < 4.78 is 40.7. The number of nitrogens with one attached hydrogen (secondary N) is 3. The molecule has 3 amide bonds. The van der Waals surface area contributed by atoms with E-state index in [1.807, 2.05) is 63.2 Å². The zero-order chi connectivity index (χ0) is 49.3. The Morgan fingerprint density at radius 3 is 2.26 bits per heavy atom. The number of unbranched alkanes of at least 4 members (excludes halogenated alkanes) is 1. The molecule has 5 atom stereocenters. The molecule has 17 nitrogen and oxygen atoms in total. The fourth-order valence-electron chi connectivity index (χ4n) is 6.92. The summed E-state index contributed by atoms with van der Waals surface area (Å²) in [4.78, 5) is 57.1. The molecule has 0 bridgehead atoms. The second-order valence-electron chi connectivity index (χ2n) is 19.4. The number of benzene rings is 1. The third-order valence-electron chi connectivity index (χ3n) is 11.1. The number of methoxy groups -OCH3 is 1. The lowest BCUT2D eigenvalue weighted by molar-refractivity contribution is -0.195. The average molecular weight is 949 g/mol. The van der Waals surface area contributed by atoms with Crippen LogP contribution < -0.4 is 20.7 Å². The van der Waals surface area contributed by atoms with Crippen LogP contribution in [0.2, 0.25) is 0 Å². The van der Waals surface area contributed by atoms with Crippen LogP contribution >= 0.6 is 12.6 Å². The van der Waals surface area contributed by atoms with Gasteiger partial charge in [-0.1, -0.05) is 6.07 Å². The number of amides is 3. The molecule has 1 aromatic rings.